The smallest absolute Gasteiger partial charge is 0.231 e. The second-order valence-electron chi connectivity index (χ2n) is 6.71. The first kappa shape index (κ1) is 17.0. The molecule has 136 valence electrons. The maximum absolute atomic E-state index is 5.39. The van der Waals surface area contributed by atoms with Gasteiger partial charge in [0.25, 0.3) is 0 Å². The largest absolute Gasteiger partial charge is 0.454 e. The van der Waals surface area contributed by atoms with E-state index in [-0.39, 0.29) is 6.79 Å². The molecule has 0 fully saturated rings. The van der Waals surface area contributed by atoms with E-state index in [9.17, 15) is 0 Å². The van der Waals surface area contributed by atoms with Crippen molar-refractivity contribution in [1.29, 1.82) is 0 Å². The highest BCUT2D eigenvalue weighted by Crippen LogP contribution is 2.32. The summed E-state index contributed by atoms with van der Waals surface area (Å²) < 4.78 is 10.7. The van der Waals surface area contributed by atoms with Crippen molar-refractivity contribution >= 4 is 10.8 Å². The molecule has 0 radical (unpaired) electrons. The molecule has 4 aromatic rings. The van der Waals surface area contributed by atoms with Gasteiger partial charge in [0, 0.05) is 22.3 Å². The van der Waals surface area contributed by atoms with E-state index in [1.54, 1.807) is 0 Å². The van der Waals surface area contributed by atoms with E-state index < -0.39 is 0 Å². The first-order chi connectivity index (χ1) is 14.3. The standard InChI is InChI=1S/C27H16O2/c1-2-4-25-17-22(13-15-24(25)3-1)11-9-20-5-7-21(8-6-20)10-12-23-14-16-26-27(18-23)29-19-28-26/h1-8,13-18H,19H2. The van der Waals surface area contributed by atoms with Crippen molar-refractivity contribution in [3.63, 3.8) is 0 Å². The van der Waals surface area contributed by atoms with Gasteiger partial charge in [-0.3, -0.25) is 0 Å². The molecule has 29 heavy (non-hydrogen) atoms. The van der Waals surface area contributed by atoms with Crippen molar-refractivity contribution in [2.24, 2.45) is 0 Å². The maximum Gasteiger partial charge on any atom is 0.231 e. The van der Waals surface area contributed by atoms with Gasteiger partial charge in [-0.05, 0) is 65.4 Å². The van der Waals surface area contributed by atoms with E-state index >= 15 is 0 Å². The Morgan fingerprint density at radius 3 is 1.79 bits per heavy atom. The van der Waals surface area contributed by atoms with Crippen LogP contribution in [0, 0.1) is 23.7 Å². The second kappa shape index (κ2) is 7.47. The molecule has 0 bridgehead atoms. The van der Waals surface area contributed by atoms with Crippen LogP contribution in [0.5, 0.6) is 11.5 Å². The fraction of sp³-hybridized carbons (Fsp3) is 0.0370. The first-order valence-electron chi connectivity index (χ1n) is 9.36. The topological polar surface area (TPSA) is 18.5 Å². The minimum Gasteiger partial charge on any atom is -0.454 e. The molecule has 1 aliphatic heterocycles. The Bertz CT molecular complexity index is 1330. The van der Waals surface area contributed by atoms with Crippen molar-refractivity contribution in [2.45, 2.75) is 0 Å². The Morgan fingerprint density at radius 1 is 0.483 bits per heavy atom. The van der Waals surface area contributed by atoms with Crippen molar-refractivity contribution < 1.29 is 9.47 Å². The molecule has 1 aliphatic rings. The van der Waals surface area contributed by atoms with E-state index in [1.807, 2.05) is 54.6 Å². The van der Waals surface area contributed by atoms with Crippen LogP contribution in [-0.4, -0.2) is 6.79 Å². The molecule has 0 aromatic heterocycles. The lowest BCUT2D eigenvalue weighted by atomic mass is 10.1. The van der Waals surface area contributed by atoms with Gasteiger partial charge in [0.2, 0.25) is 6.79 Å². The lowest BCUT2D eigenvalue weighted by Crippen LogP contribution is -1.92. The van der Waals surface area contributed by atoms with Crippen LogP contribution in [0.3, 0.4) is 0 Å². The molecule has 2 nitrogen and oxygen atoms in total. The van der Waals surface area contributed by atoms with Crippen LogP contribution in [0.25, 0.3) is 10.8 Å². The van der Waals surface area contributed by atoms with Gasteiger partial charge in [0.1, 0.15) is 0 Å². The number of fused-ring (bicyclic) bond motifs is 2. The Hall–Kier alpha value is -4.14. The zero-order chi connectivity index (χ0) is 19.5. The highest BCUT2D eigenvalue weighted by Gasteiger charge is 2.12. The molecule has 0 N–H and O–H groups in total. The van der Waals surface area contributed by atoms with Gasteiger partial charge in [-0.25, -0.2) is 0 Å². The Balaban J connectivity index is 1.33. The summed E-state index contributed by atoms with van der Waals surface area (Å²) in [6.07, 6.45) is 0. The number of rotatable bonds is 0. The normalized spacial score (nSPS) is 11.3. The van der Waals surface area contributed by atoms with E-state index in [0.717, 1.165) is 33.8 Å². The van der Waals surface area contributed by atoms with Gasteiger partial charge in [-0.15, -0.1) is 0 Å². The zero-order valence-corrected chi connectivity index (χ0v) is 15.6. The molecule has 0 saturated carbocycles. The Kier molecular flexibility index (Phi) is 4.38. The maximum atomic E-state index is 5.39. The number of benzene rings is 4. The van der Waals surface area contributed by atoms with Crippen molar-refractivity contribution in [3.8, 4) is 35.2 Å². The molecular weight excluding hydrogens is 356 g/mol. The molecule has 4 aromatic carbocycles. The average molecular weight is 372 g/mol. The van der Waals surface area contributed by atoms with E-state index in [2.05, 4.69) is 54.0 Å². The van der Waals surface area contributed by atoms with Crippen molar-refractivity contribution in [3.05, 3.63) is 107 Å². The fourth-order valence-corrected chi connectivity index (χ4v) is 3.17. The average Bonchev–Trinajstić information content (AvgIpc) is 3.25. The third kappa shape index (κ3) is 3.79. The van der Waals surface area contributed by atoms with E-state index in [0.29, 0.717) is 0 Å². The summed E-state index contributed by atoms with van der Waals surface area (Å²) in [5.41, 5.74) is 3.82. The summed E-state index contributed by atoms with van der Waals surface area (Å²) in [5, 5.41) is 2.43. The van der Waals surface area contributed by atoms with Gasteiger partial charge < -0.3 is 9.47 Å². The molecule has 0 aliphatic carbocycles. The fourth-order valence-electron chi connectivity index (χ4n) is 3.17. The number of hydrogen-bond donors (Lipinski definition) is 0. The summed E-state index contributed by atoms with van der Waals surface area (Å²) in [6, 6.07) is 28.3. The van der Waals surface area contributed by atoms with E-state index in [1.165, 1.54) is 10.8 Å². The van der Waals surface area contributed by atoms with Crippen LogP contribution in [0.15, 0.2) is 84.9 Å². The van der Waals surface area contributed by atoms with Crippen molar-refractivity contribution in [2.75, 3.05) is 6.79 Å². The highest BCUT2D eigenvalue weighted by atomic mass is 16.7. The summed E-state index contributed by atoms with van der Waals surface area (Å²) in [4.78, 5) is 0. The van der Waals surface area contributed by atoms with Crippen molar-refractivity contribution in [1.82, 2.24) is 0 Å². The van der Waals surface area contributed by atoms with Crippen LogP contribution < -0.4 is 9.47 Å². The molecule has 0 atom stereocenters. The molecule has 0 saturated heterocycles. The molecule has 5 rings (SSSR count). The summed E-state index contributed by atoms with van der Waals surface area (Å²) in [5.74, 6) is 14.3. The van der Waals surface area contributed by atoms with Gasteiger partial charge in [0.05, 0.1) is 0 Å². The zero-order valence-electron chi connectivity index (χ0n) is 15.6. The van der Waals surface area contributed by atoms with Crippen LogP contribution in [0.1, 0.15) is 22.3 Å². The molecule has 0 spiro atoms. The predicted molar refractivity (Wildman–Crippen MR) is 115 cm³/mol. The first-order valence-corrected chi connectivity index (χ1v) is 9.36. The third-order valence-electron chi connectivity index (χ3n) is 4.71. The number of ether oxygens (including phenoxy) is 2. The molecular formula is C27H16O2. The van der Waals surface area contributed by atoms with Crippen LogP contribution in [0.4, 0.5) is 0 Å². The van der Waals surface area contributed by atoms with Crippen LogP contribution >= 0.6 is 0 Å². The van der Waals surface area contributed by atoms with Crippen LogP contribution in [0.2, 0.25) is 0 Å². The predicted octanol–water partition coefficient (Wildman–Crippen LogP) is 5.37. The minimum absolute atomic E-state index is 0.272. The highest BCUT2D eigenvalue weighted by molar-refractivity contribution is 5.83. The molecule has 0 amide bonds. The quantitative estimate of drug-likeness (QED) is 0.387. The summed E-state index contributed by atoms with van der Waals surface area (Å²) in [6.45, 7) is 0.272. The lowest BCUT2D eigenvalue weighted by Gasteiger charge is -1.97. The van der Waals surface area contributed by atoms with Gasteiger partial charge in [0.15, 0.2) is 11.5 Å². The number of hydrogen-bond acceptors (Lipinski definition) is 2. The summed E-state index contributed by atoms with van der Waals surface area (Å²) in [7, 11) is 0. The van der Waals surface area contributed by atoms with Crippen LogP contribution in [-0.2, 0) is 0 Å². The van der Waals surface area contributed by atoms with Gasteiger partial charge >= 0.3 is 0 Å². The van der Waals surface area contributed by atoms with E-state index in [4.69, 9.17) is 9.47 Å². The van der Waals surface area contributed by atoms with Gasteiger partial charge in [-0.1, -0.05) is 54.0 Å². The monoisotopic (exact) mass is 372 g/mol. The minimum atomic E-state index is 0.272. The molecule has 2 heteroatoms. The molecule has 1 heterocycles. The SMILES string of the molecule is C(#Cc1ccc2c(c1)OCO2)c1ccc(C#Cc2ccc3ccccc3c2)cc1. The van der Waals surface area contributed by atoms with Gasteiger partial charge in [-0.2, -0.15) is 0 Å². The Morgan fingerprint density at radius 2 is 1.03 bits per heavy atom. The third-order valence-corrected chi connectivity index (χ3v) is 4.71. The molecule has 0 unspecified atom stereocenters. The summed E-state index contributed by atoms with van der Waals surface area (Å²) >= 11 is 0. The lowest BCUT2D eigenvalue weighted by molar-refractivity contribution is 0.174. The second-order valence-corrected chi connectivity index (χ2v) is 6.71. The Labute approximate surface area is 169 Å².